The number of aliphatic imine (C=N–C) groups is 1. The molecule has 5 nitrogen and oxygen atoms in total. The first-order chi connectivity index (χ1) is 11.0. The number of thioether (sulfide) groups is 1. The molecular formula is C17H29IN4OS. The molecule has 0 aliphatic rings. The Morgan fingerprint density at radius 1 is 1.17 bits per heavy atom. The summed E-state index contributed by atoms with van der Waals surface area (Å²) in [4.78, 5) is 16.0. The van der Waals surface area contributed by atoms with Crippen LogP contribution >= 0.6 is 35.7 Å². The van der Waals surface area contributed by atoms with Gasteiger partial charge in [0, 0.05) is 37.8 Å². The average molecular weight is 464 g/mol. The van der Waals surface area contributed by atoms with Crippen LogP contribution in [0.1, 0.15) is 25.8 Å². The number of halogens is 1. The van der Waals surface area contributed by atoms with Gasteiger partial charge in [0.2, 0.25) is 5.91 Å². The summed E-state index contributed by atoms with van der Waals surface area (Å²) in [7, 11) is 1.73. The third-order valence-corrected chi connectivity index (χ3v) is 4.68. The number of carbonyl (C=O) groups excluding carboxylic acids is 1. The average Bonchev–Trinajstić information content (AvgIpc) is 2.57. The van der Waals surface area contributed by atoms with Crippen molar-refractivity contribution in [3.8, 4) is 0 Å². The van der Waals surface area contributed by atoms with Gasteiger partial charge in [-0.05, 0) is 25.7 Å². The zero-order valence-electron chi connectivity index (χ0n) is 14.9. The van der Waals surface area contributed by atoms with Crippen LogP contribution in [0.15, 0.2) is 35.3 Å². The molecule has 7 heteroatoms. The lowest BCUT2D eigenvalue weighted by Crippen LogP contribution is -2.44. The Morgan fingerprint density at radius 3 is 2.42 bits per heavy atom. The standard InChI is InChI=1S/C17H28N4OS.HI/c1-17(2,23-4)13-21-16(18-3)19-11-10-15(22)20-12-14-8-6-5-7-9-14;/h5-9H,10-13H2,1-4H3,(H,20,22)(H2,18,19,21);1H. The van der Waals surface area contributed by atoms with Crippen LogP contribution in [0, 0.1) is 0 Å². The van der Waals surface area contributed by atoms with Crippen LogP contribution in [0.5, 0.6) is 0 Å². The number of carbonyl (C=O) groups is 1. The van der Waals surface area contributed by atoms with Crippen molar-refractivity contribution in [3.63, 3.8) is 0 Å². The zero-order valence-corrected chi connectivity index (χ0v) is 18.0. The second-order valence-electron chi connectivity index (χ2n) is 5.83. The lowest BCUT2D eigenvalue weighted by Gasteiger charge is -2.23. The Kier molecular flexibility index (Phi) is 11.9. The molecule has 1 amide bonds. The Hall–Kier alpha value is -0.960. The van der Waals surface area contributed by atoms with Crippen LogP contribution in [-0.4, -0.2) is 43.0 Å². The molecule has 0 heterocycles. The van der Waals surface area contributed by atoms with E-state index in [1.54, 1.807) is 18.8 Å². The summed E-state index contributed by atoms with van der Waals surface area (Å²) in [6.07, 6.45) is 2.51. The Morgan fingerprint density at radius 2 is 1.83 bits per heavy atom. The van der Waals surface area contributed by atoms with E-state index in [1.165, 1.54) is 0 Å². The van der Waals surface area contributed by atoms with E-state index in [0.717, 1.165) is 18.1 Å². The zero-order chi connectivity index (χ0) is 17.1. The van der Waals surface area contributed by atoms with Crippen LogP contribution < -0.4 is 16.0 Å². The number of guanidine groups is 1. The SMILES string of the molecule is CN=C(NCCC(=O)NCc1ccccc1)NCC(C)(C)SC.I. The first-order valence-corrected chi connectivity index (χ1v) is 8.99. The minimum absolute atomic E-state index is 0. The Bertz CT molecular complexity index is 509. The third kappa shape index (κ3) is 10.0. The van der Waals surface area contributed by atoms with Gasteiger partial charge in [0.1, 0.15) is 0 Å². The largest absolute Gasteiger partial charge is 0.356 e. The van der Waals surface area contributed by atoms with Crippen molar-refractivity contribution in [1.82, 2.24) is 16.0 Å². The van der Waals surface area contributed by atoms with Gasteiger partial charge in [-0.2, -0.15) is 11.8 Å². The van der Waals surface area contributed by atoms with E-state index in [2.05, 4.69) is 41.0 Å². The van der Waals surface area contributed by atoms with Gasteiger partial charge < -0.3 is 16.0 Å². The minimum atomic E-state index is 0. The van der Waals surface area contributed by atoms with Gasteiger partial charge >= 0.3 is 0 Å². The molecule has 0 spiro atoms. The van der Waals surface area contributed by atoms with Crippen LogP contribution in [0.3, 0.4) is 0 Å². The van der Waals surface area contributed by atoms with Crippen LogP contribution in [0.25, 0.3) is 0 Å². The van der Waals surface area contributed by atoms with E-state index in [-0.39, 0.29) is 34.6 Å². The van der Waals surface area contributed by atoms with E-state index >= 15 is 0 Å². The van der Waals surface area contributed by atoms with Crippen molar-refractivity contribution in [1.29, 1.82) is 0 Å². The van der Waals surface area contributed by atoms with Crippen LogP contribution in [-0.2, 0) is 11.3 Å². The predicted octanol–water partition coefficient (Wildman–Crippen LogP) is 2.62. The van der Waals surface area contributed by atoms with E-state index in [0.29, 0.717) is 19.5 Å². The molecule has 0 aromatic heterocycles. The number of amides is 1. The van der Waals surface area contributed by atoms with Crippen LogP contribution in [0.2, 0.25) is 0 Å². The third-order valence-electron chi connectivity index (χ3n) is 3.43. The fraction of sp³-hybridized carbons (Fsp3) is 0.529. The number of hydrogen-bond donors (Lipinski definition) is 3. The molecule has 24 heavy (non-hydrogen) atoms. The van der Waals surface area contributed by atoms with E-state index in [9.17, 15) is 4.79 Å². The fourth-order valence-electron chi connectivity index (χ4n) is 1.77. The van der Waals surface area contributed by atoms with Crippen molar-refractivity contribution in [3.05, 3.63) is 35.9 Å². The van der Waals surface area contributed by atoms with E-state index in [1.807, 2.05) is 30.3 Å². The van der Waals surface area contributed by atoms with E-state index in [4.69, 9.17) is 0 Å². The summed E-state index contributed by atoms with van der Waals surface area (Å²) in [5, 5.41) is 9.36. The molecule has 3 N–H and O–H groups in total. The van der Waals surface area contributed by atoms with Crippen molar-refractivity contribution >= 4 is 47.6 Å². The molecule has 0 saturated heterocycles. The van der Waals surface area contributed by atoms with Gasteiger partial charge in [-0.15, -0.1) is 24.0 Å². The molecule has 0 aliphatic carbocycles. The normalized spacial score (nSPS) is 11.4. The van der Waals surface area contributed by atoms with Crippen molar-refractivity contribution < 1.29 is 4.79 Å². The minimum Gasteiger partial charge on any atom is -0.356 e. The maximum absolute atomic E-state index is 11.8. The van der Waals surface area contributed by atoms with Crippen molar-refractivity contribution in [2.75, 3.05) is 26.4 Å². The highest BCUT2D eigenvalue weighted by molar-refractivity contribution is 14.0. The lowest BCUT2D eigenvalue weighted by atomic mass is 10.2. The molecule has 136 valence electrons. The molecule has 0 fully saturated rings. The Labute approximate surface area is 166 Å². The number of hydrogen-bond acceptors (Lipinski definition) is 3. The molecule has 0 bridgehead atoms. The summed E-state index contributed by atoms with van der Waals surface area (Å²) < 4.78 is 0.144. The quantitative estimate of drug-likeness (QED) is 0.315. The van der Waals surface area contributed by atoms with Gasteiger partial charge in [0.05, 0.1) is 0 Å². The van der Waals surface area contributed by atoms with Gasteiger partial charge in [0.25, 0.3) is 0 Å². The van der Waals surface area contributed by atoms with Crippen molar-refractivity contribution in [2.45, 2.75) is 31.6 Å². The summed E-state index contributed by atoms with van der Waals surface area (Å²) in [6, 6.07) is 9.89. The number of nitrogens with one attached hydrogen (secondary N) is 3. The van der Waals surface area contributed by atoms with Gasteiger partial charge in [-0.1, -0.05) is 30.3 Å². The molecule has 0 atom stereocenters. The summed E-state index contributed by atoms with van der Waals surface area (Å²) in [5.74, 6) is 0.754. The van der Waals surface area contributed by atoms with E-state index < -0.39 is 0 Å². The Balaban J connectivity index is 0.00000529. The summed E-state index contributed by atoms with van der Waals surface area (Å²) >= 11 is 1.80. The second-order valence-corrected chi connectivity index (χ2v) is 7.34. The predicted molar refractivity (Wildman–Crippen MR) is 115 cm³/mol. The highest BCUT2D eigenvalue weighted by Gasteiger charge is 2.16. The molecule has 1 aromatic carbocycles. The second kappa shape index (κ2) is 12.4. The molecule has 0 saturated carbocycles. The summed E-state index contributed by atoms with van der Waals surface area (Å²) in [6.45, 7) is 6.28. The number of rotatable bonds is 8. The van der Waals surface area contributed by atoms with Gasteiger partial charge in [-0.25, -0.2) is 0 Å². The monoisotopic (exact) mass is 464 g/mol. The van der Waals surface area contributed by atoms with Crippen molar-refractivity contribution in [2.24, 2.45) is 4.99 Å². The molecular weight excluding hydrogens is 435 g/mol. The number of benzene rings is 1. The maximum atomic E-state index is 11.8. The molecule has 0 unspecified atom stereocenters. The highest BCUT2D eigenvalue weighted by atomic mass is 127. The molecule has 1 rings (SSSR count). The highest BCUT2D eigenvalue weighted by Crippen LogP contribution is 2.19. The van der Waals surface area contributed by atoms with Gasteiger partial charge in [0.15, 0.2) is 5.96 Å². The smallest absolute Gasteiger partial charge is 0.222 e. The lowest BCUT2D eigenvalue weighted by molar-refractivity contribution is -0.121. The fourth-order valence-corrected chi connectivity index (χ4v) is 1.99. The first kappa shape index (κ1) is 23.0. The van der Waals surface area contributed by atoms with Crippen LogP contribution in [0.4, 0.5) is 0 Å². The molecule has 1 aromatic rings. The summed E-state index contributed by atoms with van der Waals surface area (Å²) in [5.41, 5.74) is 1.10. The molecule has 0 radical (unpaired) electrons. The van der Waals surface area contributed by atoms with Gasteiger partial charge in [-0.3, -0.25) is 9.79 Å². The number of nitrogens with zero attached hydrogens (tertiary/aromatic N) is 1. The molecule has 0 aliphatic heterocycles. The first-order valence-electron chi connectivity index (χ1n) is 7.77. The topological polar surface area (TPSA) is 65.5 Å². The maximum Gasteiger partial charge on any atom is 0.222 e.